The van der Waals surface area contributed by atoms with Crippen LogP contribution in [0.25, 0.3) is 0 Å². The van der Waals surface area contributed by atoms with E-state index in [4.69, 9.17) is 0 Å². The second kappa shape index (κ2) is 7.46. The fourth-order valence-corrected chi connectivity index (χ4v) is 1.98. The van der Waals surface area contributed by atoms with Crippen LogP contribution in [-0.4, -0.2) is 36.2 Å². The molecule has 0 radical (unpaired) electrons. The number of hydrogen-bond donors (Lipinski definition) is 2. The number of hydrogen-bond acceptors (Lipinski definition) is 3. The Hall–Kier alpha value is -1.13. The molecule has 108 valence electrons. The van der Waals surface area contributed by atoms with Crippen molar-refractivity contribution in [1.29, 1.82) is 0 Å². The molecule has 0 amide bonds. The van der Waals surface area contributed by atoms with Crippen LogP contribution in [0.1, 0.15) is 38.8 Å². The number of aromatic hydroxyl groups is 1. The monoisotopic (exact) mass is 268 g/mol. The summed E-state index contributed by atoms with van der Waals surface area (Å²) in [7, 11) is 2.11. The number of nitrogens with zero attached hydrogens (tertiary/aromatic N) is 1. The fraction of sp³-hybridized carbons (Fsp3) is 0.600. The Kier molecular flexibility index (Phi) is 6.25. The molecule has 3 nitrogen and oxygen atoms in total. The van der Waals surface area contributed by atoms with Crippen molar-refractivity contribution in [3.63, 3.8) is 0 Å². The van der Waals surface area contributed by atoms with Crippen molar-refractivity contribution in [2.24, 2.45) is 0 Å². The summed E-state index contributed by atoms with van der Waals surface area (Å²) in [4.78, 5) is 2.30. The van der Waals surface area contributed by atoms with Crippen molar-refractivity contribution in [1.82, 2.24) is 10.2 Å². The molecule has 1 aromatic rings. The lowest BCUT2D eigenvalue weighted by molar-refractivity contribution is 0.249. The molecule has 4 heteroatoms. The van der Waals surface area contributed by atoms with Gasteiger partial charge in [-0.25, -0.2) is 4.39 Å². The molecule has 0 aliphatic heterocycles. The Morgan fingerprint density at radius 3 is 2.63 bits per heavy atom. The maximum Gasteiger partial charge on any atom is 0.126 e. The molecular formula is C15H25FN2O. The van der Waals surface area contributed by atoms with Crippen LogP contribution in [0.4, 0.5) is 4.39 Å². The highest BCUT2D eigenvalue weighted by Crippen LogP contribution is 2.24. The maximum absolute atomic E-state index is 12.9. The van der Waals surface area contributed by atoms with Crippen molar-refractivity contribution in [2.45, 2.75) is 39.3 Å². The average Bonchev–Trinajstić information content (AvgIpc) is 2.37. The molecule has 0 aromatic heterocycles. The molecule has 19 heavy (non-hydrogen) atoms. The van der Waals surface area contributed by atoms with Crippen LogP contribution in [-0.2, 0) is 0 Å². The van der Waals surface area contributed by atoms with Gasteiger partial charge in [0, 0.05) is 36.8 Å². The highest BCUT2D eigenvalue weighted by atomic mass is 19.1. The van der Waals surface area contributed by atoms with E-state index in [1.54, 1.807) is 6.07 Å². The lowest BCUT2D eigenvalue weighted by atomic mass is 10.1. The fourth-order valence-electron chi connectivity index (χ4n) is 1.98. The van der Waals surface area contributed by atoms with E-state index in [0.29, 0.717) is 6.04 Å². The Balaban J connectivity index is 2.45. The van der Waals surface area contributed by atoms with E-state index >= 15 is 0 Å². The molecule has 1 rings (SSSR count). The number of nitrogens with one attached hydrogen (secondary N) is 1. The zero-order valence-electron chi connectivity index (χ0n) is 12.3. The summed E-state index contributed by atoms with van der Waals surface area (Å²) < 4.78 is 12.9. The summed E-state index contributed by atoms with van der Waals surface area (Å²) in [6.45, 7) is 8.12. The van der Waals surface area contributed by atoms with Crippen LogP contribution >= 0.6 is 0 Å². The van der Waals surface area contributed by atoms with Gasteiger partial charge in [-0.05, 0) is 33.4 Å². The van der Waals surface area contributed by atoms with Gasteiger partial charge >= 0.3 is 0 Å². The predicted molar refractivity (Wildman–Crippen MR) is 76.9 cm³/mol. The van der Waals surface area contributed by atoms with E-state index in [1.165, 1.54) is 6.07 Å². The second-order valence-electron chi connectivity index (χ2n) is 5.12. The molecule has 2 unspecified atom stereocenters. The molecule has 0 heterocycles. The van der Waals surface area contributed by atoms with Gasteiger partial charge in [0.1, 0.15) is 11.6 Å². The summed E-state index contributed by atoms with van der Waals surface area (Å²) in [5, 5.41) is 13.1. The predicted octanol–water partition coefficient (Wildman–Crippen LogP) is 2.91. The molecule has 0 spiro atoms. The smallest absolute Gasteiger partial charge is 0.126 e. The van der Waals surface area contributed by atoms with Crippen molar-refractivity contribution >= 4 is 0 Å². The van der Waals surface area contributed by atoms with E-state index < -0.39 is 5.82 Å². The third-order valence-electron chi connectivity index (χ3n) is 3.72. The second-order valence-corrected chi connectivity index (χ2v) is 5.12. The summed E-state index contributed by atoms with van der Waals surface area (Å²) in [5.41, 5.74) is 0.729. The Labute approximate surface area is 115 Å². The van der Waals surface area contributed by atoms with E-state index in [1.807, 2.05) is 6.92 Å². The number of halogens is 1. The molecule has 0 aliphatic carbocycles. The lowest BCUT2D eigenvalue weighted by Crippen LogP contribution is -2.35. The first kappa shape index (κ1) is 15.9. The molecule has 2 atom stereocenters. The van der Waals surface area contributed by atoms with Gasteiger partial charge in [0.2, 0.25) is 0 Å². The van der Waals surface area contributed by atoms with Crippen LogP contribution in [0.5, 0.6) is 5.75 Å². The summed E-state index contributed by atoms with van der Waals surface area (Å²) in [6.07, 6.45) is 1.13. The van der Waals surface area contributed by atoms with Crippen molar-refractivity contribution in [3.8, 4) is 5.75 Å². The third-order valence-corrected chi connectivity index (χ3v) is 3.72. The van der Waals surface area contributed by atoms with Crippen LogP contribution in [0.3, 0.4) is 0 Å². The molecule has 1 aromatic carbocycles. The Bertz CT molecular complexity index is 398. The molecule has 0 saturated heterocycles. The van der Waals surface area contributed by atoms with Crippen LogP contribution in [0.15, 0.2) is 18.2 Å². The minimum Gasteiger partial charge on any atom is -0.508 e. The Morgan fingerprint density at radius 1 is 1.37 bits per heavy atom. The SMILES string of the molecule is CCC(C)N(C)CCNC(C)c1ccc(F)cc1O. The lowest BCUT2D eigenvalue weighted by Gasteiger charge is -2.24. The van der Waals surface area contributed by atoms with Gasteiger partial charge < -0.3 is 15.3 Å². The van der Waals surface area contributed by atoms with Gasteiger partial charge in [-0.1, -0.05) is 13.0 Å². The van der Waals surface area contributed by atoms with Crippen LogP contribution < -0.4 is 5.32 Å². The van der Waals surface area contributed by atoms with Gasteiger partial charge in [0.05, 0.1) is 0 Å². The molecule has 2 N–H and O–H groups in total. The highest BCUT2D eigenvalue weighted by Gasteiger charge is 2.11. The van der Waals surface area contributed by atoms with E-state index in [0.717, 1.165) is 31.1 Å². The average molecular weight is 268 g/mol. The topological polar surface area (TPSA) is 35.5 Å². The van der Waals surface area contributed by atoms with Gasteiger partial charge in [0.15, 0.2) is 0 Å². The van der Waals surface area contributed by atoms with Gasteiger partial charge in [0.25, 0.3) is 0 Å². The van der Waals surface area contributed by atoms with Gasteiger partial charge in [-0.15, -0.1) is 0 Å². The van der Waals surface area contributed by atoms with Gasteiger partial charge in [-0.3, -0.25) is 0 Å². The first-order valence-corrected chi connectivity index (χ1v) is 6.87. The van der Waals surface area contributed by atoms with Crippen LogP contribution in [0, 0.1) is 5.82 Å². The quantitative estimate of drug-likeness (QED) is 0.798. The Morgan fingerprint density at radius 2 is 2.05 bits per heavy atom. The van der Waals surface area contributed by atoms with E-state index in [9.17, 15) is 9.50 Å². The number of benzene rings is 1. The number of phenols is 1. The number of likely N-dealkylation sites (N-methyl/N-ethyl adjacent to an activating group) is 1. The van der Waals surface area contributed by atoms with Crippen molar-refractivity contribution in [3.05, 3.63) is 29.6 Å². The number of phenolic OH excluding ortho intramolecular Hbond substituents is 1. The zero-order valence-corrected chi connectivity index (χ0v) is 12.3. The van der Waals surface area contributed by atoms with Crippen LogP contribution in [0.2, 0.25) is 0 Å². The van der Waals surface area contributed by atoms with E-state index in [-0.39, 0.29) is 11.8 Å². The molecule has 0 fully saturated rings. The minimum absolute atomic E-state index is 0.00549. The number of rotatable bonds is 7. The first-order chi connectivity index (χ1) is 8.95. The maximum atomic E-state index is 12.9. The first-order valence-electron chi connectivity index (χ1n) is 6.87. The standard InChI is InChI=1S/C15H25FN2O/c1-5-11(2)18(4)9-8-17-12(3)14-7-6-13(16)10-15(14)19/h6-7,10-12,17,19H,5,8-9H2,1-4H3. The zero-order chi connectivity index (χ0) is 14.4. The summed E-state index contributed by atoms with van der Waals surface area (Å²) in [6, 6.07) is 4.72. The molecule has 0 saturated carbocycles. The van der Waals surface area contributed by atoms with Crippen molar-refractivity contribution < 1.29 is 9.50 Å². The summed E-state index contributed by atoms with van der Waals surface area (Å²) >= 11 is 0. The third kappa shape index (κ3) is 4.80. The molecule has 0 aliphatic rings. The normalized spacial score (nSPS) is 14.6. The largest absolute Gasteiger partial charge is 0.508 e. The van der Waals surface area contributed by atoms with Crippen molar-refractivity contribution in [2.75, 3.05) is 20.1 Å². The minimum atomic E-state index is -0.412. The molecule has 0 bridgehead atoms. The van der Waals surface area contributed by atoms with E-state index in [2.05, 4.69) is 31.1 Å². The summed E-state index contributed by atoms with van der Waals surface area (Å²) in [5.74, 6) is -0.403. The molecular weight excluding hydrogens is 243 g/mol. The highest BCUT2D eigenvalue weighted by molar-refractivity contribution is 5.34. The van der Waals surface area contributed by atoms with Gasteiger partial charge in [-0.2, -0.15) is 0 Å².